The molecule has 0 saturated carbocycles. The van der Waals surface area contributed by atoms with Crippen molar-refractivity contribution in [2.24, 2.45) is 0 Å². The number of nitrogens with one attached hydrogen (secondary N) is 3. The van der Waals surface area contributed by atoms with Crippen molar-refractivity contribution in [3.05, 3.63) is 91.0 Å². The highest BCUT2D eigenvalue weighted by molar-refractivity contribution is 7.80. The van der Waals surface area contributed by atoms with E-state index in [4.69, 9.17) is 17.0 Å². The van der Waals surface area contributed by atoms with Crippen molar-refractivity contribution < 1.29 is 9.53 Å². The third kappa shape index (κ3) is 6.08. The van der Waals surface area contributed by atoms with Gasteiger partial charge in [-0.05, 0) is 24.4 Å². The standard InChI is InChI=1S/C24H20N6O2S/c31-20(27-30-24(33)25-19-14-8-3-9-15-19)16-32-23-26-21(17-10-4-1-5-11-17)22(28-29-23)18-12-6-2-7-13-18/h1-15H,16H2,(H,27,31)(H2,25,30,33). The molecular formula is C24H20N6O2S. The summed E-state index contributed by atoms with van der Waals surface area (Å²) in [6, 6.07) is 28.6. The topological polar surface area (TPSA) is 101 Å². The Bertz CT molecular complexity index is 1220. The van der Waals surface area contributed by atoms with Crippen LogP contribution in [0.2, 0.25) is 0 Å². The number of carbonyl (C=O) groups is 1. The van der Waals surface area contributed by atoms with Crippen LogP contribution in [0.3, 0.4) is 0 Å². The highest BCUT2D eigenvalue weighted by Gasteiger charge is 2.15. The highest BCUT2D eigenvalue weighted by atomic mass is 32.1. The lowest BCUT2D eigenvalue weighted by Gasteiger charge is -2.12. The molecule has 0 aliphatic rings. The lowest BCUT2D eigenvalue weighted by atomic mass is 10.0. The first-order valence-electron chi connectivity index (χ1n) is 10.1. The van der Waals surface area contributed by atoms with E-state index in [-0.39, 0.29) is 17.7 Å². The molecule has 1 aromatic heterocycles. The van der Waals surface area contributed by atoms with Crippen molar-refractivity contribution in [1.82, 2.24) is 26.0 Å². The summed E-state index contributed by atoms with van der Waals surface area (Å²) in [7, 11) is 0. The number of rotatable bonds is 6. The molecule has 0 radical (unpaired) electrons. The van der Waals surface area contributed by atoms with Gasteiger partial charge in [-0.1, -0.05) is 84.0 Å². The number of hydrogen-bond acceptors (Lipinski definition) is 6. The van der Waals surface area contributed by atoms with Crippen LogP contribution >= 0.6 is 12.2 Å². The van der Waals surface area contributed by atoms with Gasteiger partial charge in [0, 0.05) is 16.8 Å². The second-order valence-electron chi connectivity index (χ2n) is 6.81. The minimum atomic E-state index is -0.454. The number of para-hydroxylation sites is 1. The molecule has 1 heterocycles. The van der Waals surface area contributed by atoms with Crippen molar-refractivity contribution in [2.75, 3.05) is 11.9 Å². The fraction of sp³-hybridized carbons (Fsp3) is 0.0417. The van der Waals surface area contributed by atoms with Gasteiger partial charge in [0.05, 0.1) is 0 Å². The van der Waals surface area contributed by atoms with Gasteiger partial charge in [0.2, 0.25) is 0 Å². The number of anilines is 1. The fourth-order valence-electron chi connectivity index (χ4n) is 2.94. The summed E-state index contributed by atoms with van der Waals surface area (Å²) < 4.78 is 5.47. The number of carbonyl (C=O) groups excluding carboxylic acids is 1. The Morgan fingerprint density at radius 1 is 0.758 bits per heavy atom. The maximum absolute atomic E-state index is 12.2. The second-order valence-corrected chi connectivity index (χ2v) is 7.21. The van der Waals surface area contributed by atoms with E-state index in [0.717, 1.165) is 16.8 Å². The summed E-state index contributed by atoms with van der Waals surface area (Å²) in [6.07, 6.45) is 0. The zero-order valence-electron chi connectivity index (χ0n) is 17.4. The smallest absolute Gasteiger partial charge is 0.336 e. The van der Waals surface area contributed by atoms with Gasteiger partial charge in [-0.15, -0.1) is 5.10 Å². The molecule has 0 spiro atoms. The normalized spacial score (nSPS) is 10.2. The van der Waals surface area contributed by atoms with E-state index in [1.165, 1.54) is 0 Å². The van der Waals surface area contributed by atoms with Crippen molar-refractivity contribution >= 4 is 28.9 Å². The Kier molecular flexibility index (Phi) is 7.14. The van der Waals surface area contributed by atoms with Crippen molar-refractivity contribution in [2.45, 2.75) is 0 Å². The van der Waals surface area contributed by atoms with Crippen LogP contribution in [0.4, 0.5) is 5.69 Å². The van der Waals surface area contributed by atoms with Crippen LogP contribution < -0.4 is 20.9 Å². The lowest BCUT2D eigenvalue weighted by Crippen LogP contribution is -2.45. The summed E-state index contributed by atoms with van der Waals surface area (Å²) >= 11 is 5.15. The van der Waals surface area contributed by atoms with Gasteiger partial charge in [0.15, 0.2) is 11.7 Å². The van der Waals surface area contributed by atoms with E-state index in [1.54, 1.807) is 0 Å². The number of hydrogen-bond donors (Lipinski definition) is 3. The van der Waals surface area contributed by atoms with E-state index in [9.17, 15) is 4.79 Å². The van der Waals surface area contributed by atoms with E-state index < -0.39 is 5.91 Å². The predicted molar refractivity (Wildman–Crippen MR) is 130 cm³/mol. The quantitative estimate of drug-likeness (QED) is 0.299. The van der Waals surface area contributed by atoms with Crippen LogP contribution in [-0.2, 0) is 4.79 Å². The molecule has 3 N–H and O–H groups in total. The van der Waals surface area contributed by atoms with Crippen LogP contribution in [0.5, 0.6) is 6.01 Å². The average Bonchev–Trinajstić information content (AvgIpc) is 2.88. The molecule has 0 atom stereocenters. The molecule has 33 heavy (non-hydrogen) atoms. The number of hydrazine groups is 1. The van der Waals surface area contributed by atoms with Crippen molar-refractivity contribution in [3.8, 4) is 28.5 Å². The van der Waals surface area contributed by atoms with Crippen LogP contribution in [0, 0.1) is 0 Å². The number of thiocarbonyl (C=S) groups is 1. The van der Waals surface area contributed by atoms with Crippen LogP contribution in [0.25, 0.3) is 22.5 Å². The lowest BCUT2D eigenvalue weighted by molar-refractivity contribution is -0.123. The zero-order chi connectivity index (χ0) is 22.9. The zero-order valence-corrected chi connectivity index (χ0v) is 18.3. The summed E-state index contributed by atoms with van der Waals surface area (Å²) in [6.45, 7) is -0.318. The minimum Gasteiger partial charge on any atom is -0.452 e. The number of benzene rings is 3. The third-order valence-corrected chi connectivity index (χ3v) is 4.65. The van der Waals surface area contributed by atoms with Gasteiger partial charge < -0.3 is 10.1 Å². The molecule has 8 nitrogen and oxygen atoms in total. The van der Waals surface area contributed by atoms with Crippen molar-refractivity contribution in [3.63, 3.8) is 0 Å². The maximum Gasteiger partial charge on any atom is 0.336 e. The van der Waals surface area contributed by atoms with Crippen LogP contribution in [0.15, 0.2) is 91.0 Å². The molecule has 0 aliphatic heterocycles. The molecule has 0 aliphatic carbocycles. The number of ether oxygens (including phenoxy) is 1. The first-order valence-corrected chi connectivity index (χ1v) is 10.5. The number of amides is 1. The molecule has 164 valence electrons. The summed E-state index contributed by atoms with van der Waals surface area (Å²) in [5.74, 6) is -0.454. The second kappa shape index (κ2) is 10.8. The fourth-order valence-corrected chi connectivity index (χ4v) is 3.11. The summed E-state index contributed by atoms with van der Waals surface area (Å²) in [4.78, 5) is 16.7. The van der Waals surface area contributed by atoms with Gasteiger partial charge in [-0.25, -0.2) is 0 Å². The van der Waals surface area contributed by atoms with E-state index in [0.29, 0.717) is 11.4 Å². The Labute approximate surface area is 196 Å². The Balaban J connectivity index is 1.40. The molecule has 0 bridgehead atoms. The van der Waals surface area contributed by atoms with Gasteiger partial charge >= 0.3 is 6.01 Å². The number of aromatic nitrogens is 3. The molecule has 1 amide bonds. The minimum absolute atomic E-state index is 0.00586. The number of nitrogens with zero attached hydrogens (tertiary/aromatic N) is 3. The molecule has 4 rings (SSSR count). The third-order valence-electron chi connectivity index (χ3n) is 4.44. The molecule has 0 saturated heterocycles. The van der Waals surface area contributed by atoms with Crippen LogP contribution in [0.1, 0.15) is 0 Å². The Hall–Kier alpha value is -4.37. The SMILES string of the molecule is O=C(COc1nnc(-c2ccccc2)c(-c2ccccc2)n1)NNC(=S)Nc1ccccc1. The average molecular weight is 457 g/mol. The first kappa shape index (κ1) is 21.8. The first-order chi connectivity index (χ1) is 16.2. The molecular weight excluding hydrogens is 436 g/mol. The predicted octanol–water partition coefficient (Wildman–Crippen LogP) is 3.60. The maximum atomic E-state index is 12.2. The van der Waals surface area contributed by atoms with Crippen molar-refractivity contribution in [1.29, 1.82) is 0 Å². The van der Waals surface area contributed by atoms with Gasteiger partial charge in [-0.3, -0.25) is 15.6 Å². The molecule has 0 fully saturated rings. The van der Waals surface area contributed by atoms with Gasteiger partial charge in [0.1, 0.15) is 11.4 Å². The monoisotopic (exact) mass is 456 g/mol. The Morgan fingerprint density at radius 2 is 1.33 bits per heavy atom. The summed E-state index contributed by atoms with van der Waals surface area (Å²) in [5.41, 5.74) is 8.85. The largest absolute Gasteiger partial charge is 0.452 e. The van der Waals surface area contributed by atoms with Gasteiger partial charge in [0.25, 0.3) is 5.91 Å². The molecule has 3 aromatic carbocycles. The van der Waals surface area contributed by atoms with E-state index in [1.807, 2.05) is 91.0 Å². The van der Waals surface area contributed by atoms with Crippen LogP contribution in [-0.4, -0.2) is 32.8 Å². The summed E-state index contributed by atoms with van der Waals surface area (Å²) in [5, 5.41) is 11.5. The Morgan fingerprint density at radius 3 is 1.97 bits per heavy atom. The molecule has 4 aromatic rings. The highest BCUT2D eigenvalue weighted by Crippen LogP contribution is 2.29. The molecule has 9 heteroatoms. The van der Waals surface area contributed by atoms with Gasteiger partial charge in [-0.2, -0.15) is 4.98 Å². The van der Waals surface area contributed by atoms with E-state index >= 15 is 0 Å². The molecule has 0 unspecified atom stereocenters. The van der Waals surface area contributed by atoms with E-state index in [2.05, 4.69) is 31.3 Å².